The van der Waals surface area contributed by atoms with Crippen molar-refractivity contribution in [2.45, 2.75) is 20.3 Å². The molecule has 0 heterocycles. The van der Waals surface area contributed by atoms with Crippen molar-refractivity contribution in [1.82, 2.24) is 0 Å². The first-order valence-corrected chi connectivity index (χ1v) is 4.27. The van der Waals surface area contributed by atoms with E-state index >= 15 is 0 Å². The molecule has 0 aromatic heterocycles. The predicted molar refractivity (Wildman–Crippen MR) is 56.1 cm³/mol. The van der Waals surface area contributed by atoms with Crippen molar-refractivity contribution >= 4 is 17.9 Å². The Morgan fingerprint density at radius 3 is 1.56 bits per heavy atom. The molecule has 0 fully saturated rings. The van der Waals surface area contributed by atoms with E-state index in [0.29, 0.717) is 6.08 Å². The summed E-state index contributed by atoms with van der Waals surface area (Å²) in [6.07, 6.45) is 0.921. The van der Waals surface area contributed by atoms with Crippen LogP contribution in [0.1, 0.15) is 20.3 Å². The molecule has 6 heteroatoms. The van der Waals surface area contributed by atoms with Crippen molar-refractivity contribution in [1.29, 1.82) is 0 Å². The molecule has 0 saturated carbocycles. The lowest BCUT2D eigenvalue weighted by atomic mass is 10.2. The molecule has 0 atom stereocenters. The molecule has 0 rings (SSSR count). The van der Waals surface area contributed by atoms with Gasteiger partial charge in [-0.15, -0.1) is 0 Å². The zero-order valence-corrected chi connectivity index (χ0v) is 9.06. The molecular weight excluding hydrogens is 216 g/mol. The van der Waals surface area contributed by atoms with E-state index in [2.05, 4.69) is 6.58 Å². The van der Waals surface area contributed by atoms with Gasteiger partial charge in [-0.05, 0) is 13.3 Å². The molecule has 0 aromatic carbocycles. The summed E-state index contributed by atoms with van der Waals surface area (Å²) in [5, 5.41) is 24.3. The van der Waals surface area contributed by atoms with Gasteiger partial charge in [0.05, 0.1) is 0 Å². The minimum Gasteiger partial charge on any atom is -0.478 e. The van der Waals surface area contributed by atoms with E-state index < -0.39 is 17.9 Å². The van der Waals surface area contributed by atoms with Gasteiger partial charge in [0.15, 0.2) is 0 Å². The zero-order valence-electron chi connectivity index (χ0n) is 9.06. The molecule has 0 aliphatic heterocycles. The van der Waals surface area contributed by atoms with E-state index in [1.807, 2.05) is 0 Å². The summed E-state index contributed by atoms with van der Waals surface area (Å²) in [6.45, 7) is 6.19. The zero-order chi connectivity index (χ0) is 13.3. The van der Waals surface area contributed by atoms with Crippen LogP contribution in [-0.2, 0) is 14.4 Å². The monoisotopic (exact) mass is 230 g/mol. The first kappa shape index (κ1) is 16.3. The number of carbonyl (C=O) groups is 3. The van der Waals surface area contributed by atoms with Crippen LogP contribution in [-0.4, -0.2) is 33.2 Å². The SMILES string of the molecule is C=C(C)C(=O)O.CC/C(=C/C(=O)O)C(=O)O. The molecule has 0 saturated heterocycles. The van der Waals surface area contributed by atoms with Crippen molar-refractivity contribution in [2.75, 3.05) is 0 Å². The number of hydrogen-bond donors (Lipinski definition) is 3. The van der Waals surface area contributed by atoms with Crippen LogP contribution < -0.4 is 0 Å². The fourth-order valence-corrected chi connectivity index (χ4v) is 0.464. The molecule has 0 unspecified atom stereocenters. The molecule has 0 aliphatic carbocycles. The normalized spacial score (nSPS) is 9.75. The van der Waals surface area contributed by atoms with E-state index in [1.165, 1.54) is 6.92 Å². The Kier molecular flexibility index (Phi) is 8.39. The smallest absolute Gasteiger partial charge is 0.331 e. The number of carboxylic acid groups (broad SMARTS) is 3. The van der Waals surface area contributed by atoms with E-state index in [0.717, 1.165) is 0 Å². The summed E-state index contributed by atoms with van der Waals surface area (Å²) in [6, 6.07) is 0. The number of hydrogen-bond acceptors (Lipinski definition) is 3. The molecule has 3 N–H and O–H groups in total. The summed E-state index contributed by atoms with van der Waals surface area (Å²) in [5.74, 6) is -3.33. The van der Waals surface area contributed by atoms with Crippen LogP contribution in [0.25, 0.3) is 0 Å². The van der Waals surface area contributed by atoms with Crippen molar-refractivity contribution < 1.29 is 29.7 Å². The van der Waals surface area contributed by atoms with Gasteiger partial charge in [0, 0.05) is 17.2 Å². The fourth-order valence-electron chi connectivity index (χ4n) is 0.464. The highest BCUT2D eigenvalue weighted by atomic mass is 16.4. The Balaban J connectivity index is 0. The minimum absolute atomic E-state index is 0.0903. The van der Waals surface area contributed by atoms with E-state index in [1.54, 1.807) is 6.92 Å². The average Bonchev–Trinajstić information content (AvgIpc) is 2.14. The maximum atomic E-state index is 10.1. The van der Waals surface area contributed by atoms with E-state index in [-0.39, 0.29) is 17.6 Å². The van der Waals surface area contributed by atoms with Gasteiger partial charge in [-0.25, -0.2) is 14.4 Å². The second-order valence-electron chi connectivity index (χ2n) is 2.75. The highest BCUT2D eigenvalue weighted by molar-refractivity contribution is 5.94. The van der Waals surface area contributed by atoms with Crippen LogP contribution in [0.15, 0.2) is 23.8 Å². The molecule has 0 bridgehead atoms. The first-order chi connectivity index (χ1) is 7.22. The third kappa shape index (κ3) is 9.97. The second-order valence-corrected chi connectivity index (χ2v) is 2.75. The number of carboxylic acids is 3. The number of aliphatic carboxylic acids is 3. The molecule has 0 amide bonds. The molecule has 16 heavy (non-hydrogen) atoms. The van der Waals surface area contributed by atoms with E-state index in [9.17, 15) is 14.4 Å². The van der Waals surface area contributed by atoms with Gasteiger partial charge in [0.2, 0.25) is 0 Å². The van der Waals surface area contributed by atoms with Crippen LogP contribution in [0.3, 0.4) is 0 Å². The topological polar surface area (TPSA) is 112 Å². The number of rotatable bonds is 4. The van der Waals surface area contributed by atoms with Gasteiger partial charge >= 0.3 is 17.9 Å². The third-order valence-corrected chi connectivity index (χ3v) is 1.32. The van der Waals surface area contributed by atoms with Crippen molar-refractivity contribution in [2.24, 2.45) is 0 Å². The molecule has 0 aliphatic rings. The average molecular weight is 230 g/mol. The highest BCUT2D eigenvalue weighted by Crippen LogP contribution is 1.98. The highest BCUT2D eigenvalue weighted by Gasteiger charge is 2.05. The molecule has 6 nitrogen and oxygen atoms in total. The summed E-state index contributed by atoms with van der Waals surface area (Å²) >= 11 is 0. The van der Waals surface area contributed by atoms with Crippen molar-refractivity contribution in [3.05, 3.63) is 23.8 Å². The largest absolute Gasteiger partial charge is 0.478 e. The second kappa shape index (κ2) is 8.22. The van der Waals surface area contributed by atoms with Gasteiger partial charge in [-0.2, -0.15) is 0 Å². The van der Waals surface area contributed by atoms with Crippen LogP contribution in [0.4, 0.5) is 0 Å². The molecular formula is C10H14O6. The lowest BCUT2D eigenvalue weighted by Gasteiger charge is -1.92. The summed E-state index contributed by atoms with van der Waals surface area (Å²) < 4.78 is 0. The Bertz CT molecular complexity index is 314. The van der Waals surface area contributed by atoms with Gasteiger partial charge in [0.25, 0.3) is 0 Å². The maximum absolute atomic E-state index is 10.1. The van der Waals surface area contributed by atoms with Crippen LogP contribution >= 0.6 is 0 Å². The van der Waals surface area contributed by atoms with Crippen molar-refractivity contribution in [3.63, 3.8) is 0 Å². The van der Waals surface area contributed by atoms with Crippen LogP contribution in [0.2, 0.25) is 0 Å². The fraction of sp³-hybridized carbons (Fsp3) is 0.300. The Morgan fingerprint density at radius 1 is 1.12 bits per heavy atom. The molecule has 90 valence electrons. The van der Waals surface area contributed by atoms with Crippen LogP contribution in [0.5, 0.6) is 0 Å². The van der Waals surface area contributed by atoms with Gasteiger partial charge in [-0.3, -0.25) is 0 Å². The summed E-state index contributed by atoms with van der Waals surface area (Å²) in [5.41, 5.74) is 0.0856. The summed E-state index contributed by atoms with van der Waals surface area (Å²) in [7, 11) is 0. The molecule has 0 radical (unpaired) electrons. The minimum atomic E-state index is -1.22. The lowest BCUT2D eigenvalue weighted by molar-refractivity contribution is -0.135. The quantitative estimate of drug-likeness (QED) is 0.624. The molecule has 0 aromatic rings. The Morgan fingerprint density at radius 2 is 1.50 bits per heavy atom. The Hall–Kier alpha value is -2.11. The Labute approximate surface area is 92.5 Å². The van der Waals surface area contributed by atoms with Gasteiger partial charge in [0.1, 0.15) is 0 Å². The maximum Gasteiger partial charge on any atom is 0.331 e. The first-order valence-electron chi connectivity index (χ1n) is 4.27. The van der Waals surface area contributed by atoms with E-state index in [4.69, 9.17) is 15.3 Å². The third-order valence-electron chi connectivity index (χ3n) is 1.32. The lowest BCUT2D eigenvalue weighted by Crippen LogP contribution is -2.02. The standard InChI is InChI=1S/C6H8O4.C4H6O2/c1-2-4(6(9)10)3-5(7)8;1-3(2)4(5)6/h3H,2H2,1H3,(H,7,8)(H,9,10);1H2,2H3,(H,5,6)/b4-3-;. The predicted octanol–water partition coefficient (Wildman–Crippen LogP) is 1.14. The van der Waals surface area contributed by atoms with Gasteiger partial charge in [-0.1, -0.05) is 13.5 Å². The van der Waals surface area contributed by atoms with Gasteiger partial charge < -0.3 is 15.3 Å². The summed E-state index contributed by atoms with van der Waals surface area (Å²) in [4.78, 5) is 29.7. The van der Waals surface area contributed by atoms with Crippen LogP contribution in [0, 0.1) is 0 Å². The van der Waals surface area contributed by atoms with Crippen molar-refractivity contribution in [3.8, 4) is 0 Å². The molecule has 0 spiro atoms.